The summed E-state index contributed by atoms with van der Waals surface area (Å²) in [5, 5.41) is 30.1. The van der Waals surface area contributed by atoms with Crippen LogP contribution in [0.1, 0.15) is 20.3 Å². The molecule has 0 aromatic carbocycles. The van der Waals surface area contributed by atoms with Gasteiger partial charge in [-0.1, -0.05) is 6.92 Å². The average Bonchev–Trinajstić information content (AvgIpc) is 3.40. The van der Waals surface area contributed by atoms with Crippen LogP contribution >= 0.6 is 11.8 Å². The van der Waals surface area contributed by atoms with E-state index >= 15 is 0 Å². The molecule has 12 nitrogen and oxygen atoms in total. The van der Waals surface area contributed by atoms with Gasteiger partial charge in [0.25, 0.3) is 0 Å². The van der Waals surface area contributed by atoms with Crippen LogP contribution < -0.4 is 15.8 Å². The van der Waals surface area contributed by atoms with Crippen molar-refractivity contribution in [1.82, 2.24) is 10.2 Å². The van der Waals surface area contributed by atoms with E-state index in [2.05, 4.69) is 10.6 Å². The number of nitrogens with zero attached hydrogens (tertiary/aromatic N) is 1. The van der Waals surface area contributed by atoms with Crippen LogP contribution in [0.25, 0.3) is 0 Å². The third kappa shape index (κ3) is 4.17. The fourth-order valence-corrected chi connectivity index (χ4v) is 6.53. The van der Waals surface area contributed by atoms with E-state index in [9.17, 15) is 33.0 Å². The van der Waals surface area contributed by atoms with Crippen LogP contribution in [0, 0.1) is 11.8 Å². The first-order chi connectivity index (χ1) is 15.4. The molecule has 2 amide bonds. The van der Waals surface area contributed by atoms with Crippen LogP contribution in [0.3, 0.4) is 0 Å². The first-order valence-corrected chi connectivity index (χ1v) is 12.6. The normalized spacial score (nSPS) is 30.2. The quantitative estimate of drug-likeness (QED) is 0.304. The number of primary sulfonamides is 1. The number of aliphatic hydroxyl groups is 1. The number of anilines is 1. The minimum absolute atomic E-state index is 0.0570. The lowest BCUT2D eigenvalue weighted by Gasteiger charge is -2.46. The molecule has 14 heteroatoms. The van der Waals surface area contributed by atoms with Crippen molar-refractivity contribution in [3.8, 4) is 0 Å². The number of hydrogen-bond acceptors (Lipinski definition) is 9. The molecule has 180 valence electrons. The number of sulfonamides is 1. The molecule has 3 aliphatic rings. The summed E-state index contributed by atoms with van der Waals surface area (Å²) in [6, 6.07) is 0.102. The van der Waals surface area contributed by atoms with E-state index in [1.54, 1.807) is 0 Å². The first kappa shape index (κ1) is 23.8. The Labute approximate surface area is 193 Å². The van der Waals surface area contributed by atoms with Crippen LogP contribution in [0.15, 0.2) is 32.2 Å². The summed E-state index contributed by atoms with van der Waals surface area (Å²) < 4.78 is 27.7. The number of carboxylic acids is 1. The monoisotopic (exact) mass is 500 g/mol. The van der Waals surface area contributed by atoms with Gasteiger partial charge in [0.15, 0.2) is 0 Å². The zero-order valence-corrected chi connectivity index (χ0v) is 19.4. The van der Waals surface area contributed by atoms with Crippen molar-refractivity contribution in [3.63, 3.8) is 0 Å². The molecule has 2 saturated heterocycles. The number of fused-ring (bicyclic) bond motifs is 1. The molecule has 1 aromatic heterocycles. The average molecular weight is 501 g/mol. The van der Waals surface area contributed by atoms with Gasteiger partial charge in [-0.15, -0.1) is 11.8 Å². The number of carboxylic acid groups (broad SMARTS) is 1. The van der Waals surface area contributed by atoms with Gasteiger partial charge >= 0.3 is 5.97 Å². The minimum Gasteiger partial charge on any atom is -0.477 e. The largest absolute Gasteiger partial charge is 0.477 e. The Morgan fingerprint density at radius 3 is 2.70 bits per heavy atom. The molecule has 1 unspecified atom stereocenters. The number of carbonyl (C=O) groups is 3. The Hall–Kier alpha value is -2.39. The van der Waals surface area contributed by atoms with Crippen molar-refractivity contribution in [1.29, 1.82) is 0 Å². The molecule has 0 radical (unpaired) electrons. The molecular weight excluding hydrogens is 476 g/mol. The number of β-lactam (4-membered cyclic amide) rings is 1. The number of thioether (sulfide) groups is 1. The summed E-state index contributed by atoms with van der Waals surface area (Å²) in [6.45, 7) is 3.78. The lowest BCUT2D eigenvalue weighted by Crippen LogP contribution is -2.63. The van der Waals surface area contributed by atoms with Crippen LogP contribution in [-0.2, 0) is 24.4 Å². The standard InChI is InChI=1S/C19H24N4O8S2/c1-7-14-13(8(2)24)18(26)23(14)15(19(27)28)16(7)32-9-3-11(21-5-9)17(25)22-12-4-10(6-31-12)33(20,29)30/h4,6-9,11,13-14,21,24H,3,5H2,1-2H3,(H,22,25)(H,27,28)(H2,20,29,30)/t7?,8-,9+,11+,13-,14-/m1/s1. The highest BCUT2D eigenvalue weighted by Crippen LogP contribution is 2.51. The molecule has 6 atom stereocenters. The molecule has 33 heavy (non-hydrogen) atoms. The summed E-state index contributed by atoms with van der Waals surface area (Å²) in [7, 11) is -3.95. The van der Waals surface area contributed by atoms with Crippen LogP contribution in [0.2, 0.25) is 0 Å². The molecule has 4 heterocycles. The molecule has 6 N–H and O–H groups in total. The molecule has 1 aromatic rings. The van der Waals surface area contributed by atoms with Crippen LogP contribution in [0.4, 0.5) is 5.88 Å². The van der Waals surface area contributed by atoms with E-state index < -0.39 is 51.9 Å². The second-order valence-electron chi connectivity index (χ2n) is 8.39. The topological polar surface area (TPSA) is 192 Å². The van der Waals surface area contributed by atoms with Gasteiger partial charge in [-0.2, -0.15) is 0 Å². The molecule has 0 saturated carbocycles. The number of nitrogens with two attached hydrogens (primary N) is 1. The molecule has 2 fully saturated rings. The zero-order valence-electron chi connectivity index (χ0n) is 17.7. The Balaban J connectivity index is 1.42. The highest BCUT2D eigenvalue weighted by atomic mass is 32.2. The lowest BCUT2D eigenvalue weighted by atomic mass is 9.79. The number of rotatable bonds is 7. The lowest BCUT2D eigenvalue weighted by molar-refractivity contribution is -0.163. The third-order valence-corrected chi connectivity index (χ3v) is 8.54. The Morgan fingerprint density at radius 1 is 1.42 bits per heavy atom. The number of hydrogen-bond donors (Lipinski definition) is 5. The van der Waals surface area contributed by atoms with Gasteiger partial charge < -0.3 is 24.8 Å². The van der Waals surface area contributed by atoms with E-state index in [4.69, 9.17) is 9.56 Å². The number of carbonyl (C=O) groups excluding carboxylic acids is 2. The Bertz CT molecular complexity index is 1140. The highest BCUT2D eigenvalue weighted by molar-refractivity contribution is 8.03. The van der Waals surface area contributed by atoms with Crippen molar-refractivity contribution in [2.45, 2.75) is 48.6 Å². The maximum Gasteiger partial charge on any atom is 0.353 e. The van der Waals surface area contributed by atoms with Gasteiger partial charge in [0.05, 0.1) is 24.1 Å². The Morgan fingerprint density at radius 2 is 2.12 bits per heavy atom. The molecule has 0 spiro atoms. The fourth-order valence-electron chi connectivity index (χ4n) is 4.59. The van der Waals surface area contributed by atoms with E-state index in [0.717, 1.165) is 12.3 Å². The van der Waals surface area contributed by atoms with Crippen molar-refractivity contribution in [3.05, 3.63) is 22.9 Å². The second kappa shape index (κ2) is 8.43. The Kier molecular flexibility index (Phi) is 6.07. The zero-order chi connectivity index (χ0) is 24.2. The maximum absolute atomic E-state index is 12.6. The second-order valence-corrected chi connectivity index (χ2v) is 11.3. The van der Waals surface area contributed by atoms with E-state index in [-0.39, 0.29) is 27.6 Å². The van der Waals surface area contributed by atoms with E-state index in [1.165, 1.54) is 23.6 Å². The molecular formula is C19H24N4O8S2. The predicted octanol–water partition coefficient (Wildman–Crippen LogP) is -0.517. The SMILES string of the molecule is CC1C(S[C@@H]2CN[C@H](C(=O)Nc3cc(S(N)(=O)=O)co3)C2)=C(C(=O)O)N2C(=O)[C@H]([C@@H](C)O)[C@@H]12. The van der Waals surface area contributed by atoms with Crippen LogP contribution in [-0.4, -0.2) is 71.3 Å². The highest BCUT2D eigenvalue weighted by Gasteiger charge is 2.60. The van der Waals surface area contributed by atoms with Gasteiger partial charge in [0, 0.05) is 28.7 Å². The molecule has 4 rings (SSSR count). The summed E-state index contributed by atoms with van der Waals surface area (Å²) >= 11 is 1.32. The summed E-state index contributed by atoms with van der Waals surface area (Å²) in [6.07, 6.45) is 0.428. The van der Waals surface area contributed by atoms with E-state index in [0.29, 0.717) is 17.9 Å². The molecule has 0 aliphatic carbocycles. The van der Waals surface area contributed by atoms with Gasteiger partial charge in [-0.05, 0) is 13.3 Å². The summed E-state index contributed by atoms with van der Waals surface area (Å²) in [5.74, 6) is -2.99. The fraction of sp³-hybridized carbons (Fsp3) is 0.526. The molecule has 0 bridgehead atoms. The van der Waals surface area contributed by atoms with E-state index in [1.807, 2.05) is 6.92 Å². The predicted molar refractivity (Wildman–Crippen MR) is 116 cm³/mol. The van der Waals surface area contributed by atoms with Crippen molar-refractivity contribution in [2.75, 3.05) is 11.9 Å². The van der Waals surface area contributed by atoms with Crippen LogP contribution in [0.5, 0.6) is 0 Å². The van der Waals surface area contributed by atoms with Gasteiger partial charge in [-0.25, -0.2) is 18.4 Å². The van der Waals surface area contributed by atoms with Gasteiger partial charge in [0.2, 0.25) is 27.7 Å². The van der Waals surface area contributed by atoms with Gasteiger partial charge in [-0.3, -0.25) is 14.9 Å². The van der Waals surface area contributed by atoms with Gasteiger partial charge in [0.1, 0.15) is 16.9 Å². The number of furan rings is 1. The number of nitrogens with one attached hydrogen (secondary N) is 2. The van der Waals surface area contributed by atoms with Crippen molar-refractivity contribution >= 4 is 45.5 Å². The maximum atomic E-state index is 12.6. The summed E-state index contributed by atoms with van der Waals surface area (Å²) in [4.78, 5) is 38.5. The number of aliphatic hydroxyl groups excluding tert-OH is 1. The number of amides is 2. The molecule has 3 aliphatic heterocycles. The van der Waals surface area contributed by atoms with Crippen molar-refractivity contribution < 1.29 is 37.4 Å². The minimum atomic E-state index is -3.95. The summed E-state index contributed by atoms with van der Waals surface area (Å²) in [5.41, 5.74) is -0.0570. The first-order valence-electron chi connectivity index (χ1n) is 10.2. The van der Waals surface area contributed by atoms with Crippen molar-refractivity contribution in [2.24, 2.45) is 17.0 Å². The third-order valence-electron chi connectivity index (χ3n) is 6.16. The number of aliphatic carboxylic acids is 1. The smallest absolute Gasteiger partial charge is 0.353 e.